The molecule has 0 spiro atoms. The van der Waals surface area contributed by atoms with Gasteiger partial charge in [0.15, 0.2) is 17.3 Å². The lowest BCUT2D eigenvalue weighted by Crippen LogP contribution is -2.28. The molecule has 0 saturated heterocycles. The number of hydrogen-bond acceptors (Lipinski definition) is 4. The van der Waals surface area contributed by atoms with Crippen molar-refractivity contribution in [2.75, 3.05) is 20.3 Å². The highest BCUT2D eigenvalue weighted by Crippen LogP contribution is 2.31. The summed E-state index contributed by atoms with van der Waals surface area (Å²) in [7, 11) is 1.56. The molecule has 1 heterocycles. The summed E-state index contributed by atoms with van der Waals surface area (Å²) in [4.78, 5) is 12.4. The summed E-state index contributed by atoms with van der Waals surface area (Å²) in [6.45, 7) is 5.19. The summed E-state index contributed by atoms with van der Waals surface area (Å²) in [6.07, 6.45) is 0.426. The molecule has 0 N–H and O–H groups in total. The minimum absolute atomic E-state index is 0.0202. The topological polar surface area (TPSA) is 44.8 Å². The summed E-state index contributed by atoms with van der Waals surface area (Å²) in [5, 5.41) is 0. The third kappa shape index (κ3) is 3.07. The first kappa shape index (κ1) is 13.9. The molecule has 104 valence electrons. The molecule has 0 amide bonds. The Labute approximate surface area is 113 Å². The highest BCUT2D eigenvalue weighted by atomic mass is 16.5. The van der Waals surface area contributed by atoms with E-state index in [1.165, 1.54) is 0 Å². The number of hydrogen-bond donors (Lipinski definition) is 0. The normalized spacial score (nSPS) is 16.0. The molecule has 1 aromatic carbocycles. The Bertz CT molecular complexity index is 453. The van der Waals surface area contributed by atoms with Gasteiger partial charge in [0.25, 0.3) is 0 Å². The van der Waals surface area contributed by atoms with Gasteiger partial charge in [-0.15, -0.1) is 0 Å². The maximum atomic E-state index is 12.4. The second-order valence-electron chi connectivity index (χ2n) is 4.98. The lowest BCUT2D eigenvalue weighted by Gasteiger charge is -2.18. The largest absolute Gasteiger partial charge is 0.490 e. The summed E-state index contributed by atoms with van der Waals surface area (Å²) in [6, 6.07) is 5.31. The van der Waals surface area contributed by atoms with Gasteiger partial charge in [0.2, 0.25) is 0 Å². The molecule has 0 radical (unpaired) electrons. The molecule has 2 rings (SSSR count). The fraction of sp³-hybridized carbons (Fsp3) is 0.533. The molecule has 0 saturated carbocycles. The van der Waals surface area contributed by atoms with Crippen molar-refractivity contribution in [2.45, 2.75) is 26.4 Å². The molecule has 0 aromatic heterocycles. The molecular weight excluding hydrogens is 244 g/mol. The van der Waals surface area contributed by atoms with Gasteiger partial charge in [-0.1, -0.05) is 13.8 Å². The van der Waals surface area contributed by atoms with Gasteiger partial charge in [0, 0.05) is 19.1 Å². The van der Waals surface area contributed by atoms with Crippen molar-refractivity contribution in [1.29, 1.82) is 0 Å². The van der Waals surface area contributed by atoms with Gasteiger partial charge in [-0.2, -0.15) is 0 Å². The molecule has 1 unspecified atom stereocenters. The zero-order chi connectivity index (χ0) is 13.8. The molecule has 19 heavy (non-hydrogen) atoms. The van der Waals surface area contributed by atoms with Crippen molar-refractivity contribution in [3.63, 3.8) is 0 Å². The Kier molecular flexibility index (Phi) is 4.43. The number of rotatable bonds is 4. The van der Waals surface area contributed by atoms with E-state index in [9.17, 15) is 4.79 Å². The van der Waals surface area contributed by atoms with E-state index in [0.717, 1.165) is 6.42 Å². The summed E-state index contributed by atoms with van der Waals surface area (Å²) in [5.41, 5.74) is 0.602. The quantitative estimate of drug-likeness (QED) is 0.784. The first-order chi connectivity index (χ1) is 9.13. The number of carbonyl (C=O) groups is 1. The molecule has 4 nitrogen and oxygen atoms in total. The summed E-state index contributed by atoms with van der Waals surface area (Å²) in [5.74, 6) is 1.45. The average Bonchev–Trinajstić information content (AvgIpc) is 2.63. The van der Waals surface area contributed by atoms with Gasteiger partial charge >= 0.3 is 0 Å². The van der Waals surface area contributed by atoms with Crippen LogP contribution in [0, 0.1) is 5.92 Å². The molecule has 1 aliphatic heterocycles. The van der Waals surface area contributed by atoms with Crippen LogP contribution in [-0.2, 0) is 4.74 Å². The van der Waals surface area contributed by atoms with Gasteiger partial charge in [-0.05, 0) is 24.1 Å². The van der Waals surface area contributed by atoms with Crippen LogP contribution in [0.3, 0.4) is 0 Å². The second kappa shape index (κ2) is 6.06. The molecular formula is C15H20O4. The predicted octanol–water partition coefficient (Wildman–Crippen LogP) is 2.70. The molecule has 0 bridgehead atoms. The van der Waals surface area contributed by atoms with E-state index in [1.807, 2.05) is 13.8 Å². The fourth-order valence-electron chi connectivity index (χ4n) is 2.16. The van der Waals surface area contributed by atoms with Crippen LogP contribution >= 0.6 is 0 Å². The van der Waals surface area contributed by atoms with Crippen LogP contribution in [0.2, 0.25) is 0 Å². The average molecular weight is 264 g/mol. The van der Waals surface area contributed by atoms with Gasteiger partial charge in [0.1, 0.15) is 6.10 Å². The van der Waals surface area contributed by atoms with E-state index < -0.39 is 6.10 Å². The predicted molar refractivity (Wildman–Crippen MR) is 72.0 cm³/mol. The van der Waals surface area contributed by atoms with E-state index in [0.29, 0.717) is 30.3 Å². The maximum Gasteiger partial charge on any atom is 0.191 e. The van der Waals surface area contributed by atoms with Crippen molar-refractivity contribution >= 4 is 5.78 Å². The molecule has 0 fully saturated rings. The zero-order valence-corrected chi connectivity index (χ0v) is 11.6. The summed E-state index contributed by atoms with van der Waals surface area (Å²) < 4.78 is 16.4. The van der Waals surface area contributed by atoms with E-state index >= 15 is 0 Å². The number of ether oxygens (including phenoxy) is 3. The summed E-state index contributed by atoms with van der Waals surface area (Å²) >= 11 is 0. The fourth-order valence-corrected chi connectivity index (χ4v) is 2.16. The van der Waals surface area contributed by atoms with Crippen molar-refractivity contribution in [3.8, 4) is 11.5 Å². The number of Topliss-reactive ketones (excluding diaryl/α,β-unsaturated/α-hetero) is 1. The minimum Gasteiger partial charge on any atom is -0.490 e. The van der Waals surface area contributed by atoms with Crippen LogP contribution in [0.25, 0.3) is 0 Å². The maximum absolute atomic E-state index is 12.4. The SMILES string of the molecule is COC(C(=O)c1ccc2c(c1)OCCCO2)C(C)C. The Balaban J connectivity index is 2.26. The van der Waals surface area contributed by atoms with Crippen LogP contribution in [0.1, 0.15) is 30.6 Å². The Morgan fingerprint density at radius 3 is 2.53 bits per heavy atom. The highest BCUT2D eigenvalue weighted by molar-refractivity contribution is 6.00. The lowest BCUT2D eigenvalue weighted by molar-refractivity contribution is 0.0458. The van der Waals surface area contributed by atoms with E-state index in [1.54, 1.807) is 25.3 Å². The smallest absolute Gasteiger partial charge is 0.191 e. The molecule has 4 heteroatoms. The van der Waals surface area contributed by atoms with Crippen LogP contribution < -0.4 is 9.47 Å². The van der Waals surface area contributed by atoms with E-state index in [-0.39, 0.29) is 11.7 Å². The van der Waals surface area contributed by atoms with Crippen molar-refractivity contribution in [3.05, 3.63) is 23.8 Å². The first-order valence-corrected chi connectivity index (χ1v) is 6.60. The van der Waals surface area contributed by atoms with Gasteiger partial charge in [0.05, 0.1) is 13.2 Å². The first-order valence-electron chi connectivity index (χ1n) is 6.60. The highest BCUT2D eigenvalue weighted by Gasteiger charge is 2.24. The van der Waals surface area contributed by atoms with Gasteiger partial charge in [-0.3, -0.25) is 4.79 Å². The molecule has 1 aliphatic rings. The number of methoxy groups -OCH3 is 1. The Hall–Kier alpha value is -1.55. The minimum atomic E-state index is -0.426. The molecule has 0 aliphatic carbocycles. The zero-order valence-electron chi connectivity index (χ0n) is 11.6. The van der Waals surface area contributed by atoms with Crippen molar-refractivity contribution in [2.24, 2.45) is 5.92 Å². The third-order valence-corrected chi connectivity index (χ3v) is 3.15. The van der Waals surface area contributed by atoms with Crippen LogP contribution in [0.4, 0.5) is 0 Å². The molecule has 1 atom stereocenters. The van der Waals surface area contributed by atoms with Crippen molar-refractivity contribution in [1.82, 2.24) is 0 Å². The standard InChI is InChI=1S/C15H20O4/c1-10(2)15(17-3)14(16)11-5-6-12-13(9-11)19-8-4-7-18-12/h5-6,9-10,15H,4,7-8H2,1-3H3. The van der Waals surface area contributed by atoms with Gasteiger partial charge in [-0.25, -0.2) is 0 Å². The number of carbonyl (C=O) groups excluding carboxylic acids is 1. The van der Waals surface area contributed by atoms with E-state index in [4.69, 9.17) is 14.2 Å². The second-order valence-corrected chi connectivity index (χ2v) is 4.98. The van der Waals surface area contributed by atoms with E-state index in [2.05, 4.69) is 0 Å². The lowest BCUT2D eigenvalue weighted by atomic mass is 9.97. The van der Waals surface area contributed by atoms with Crippen LogP contribution in [0.5, 0.6) is 11.5 Å². The Morgan fingerprint density at radius 1 is 1.21 bits per heavy atom. The van der Waals surface area contributed by atoms with Crippen molar-refractivity contribution < 1.29 is 19.0 Å². The molecule has 1 aromatic rings. The van der Waals surface area contributed by atoms with Crippen LogP contribution in [-0.4, -0.2) is 32.2 Å². The monoisotopic (exact) mass is 264 g/mol. The number of fused-ring (bicyclic) bond motifs is 1. The van der Waals surface area contributed by atoms with Crippen LogP contribution in [0.15, 0.2) is 18.2 Å². The third-order valence-electron chi connectivity index (χ3n) is 3.15. The number of benzene rings is 1. The Morgan fingerprint density at radius 2 is 1.89 bits per heavy atom. The number of ketones is 1. The van der Waals surface area contributed by atoms with Gasteiger partial charge < -0.3 is 14.2 Å².